The van der Waals surface area contributed by atoms with Gasteiger partial charge < -0.3 is 9.47 Å². The summed E-state index contributed by atoms with van der Waals surface area (Å²) in [6, 6.07) is 11.1. The first-order valence-corrected chi connectivity index (χ1v) is 10.0. The summed E-state index contributed by atoms with van der Waals surface area (Å²) in [6.45, 7) is 4.99. The maximum Gasteiger partial charge on any atom is 0.276 e. The molecule has 0 bridgehead atoms. The van der Waals surface area contributed by atoms with Crippen LogP contribution >= 0.6 is 11.6 Å². The van der Waals surface area contributed by atoms with E-state index in [1.54, 1.807) is 18.2 Å². The molecule has 26 heavy (non-hydrogen) atoms. The topological polar surface area (TPSA) is 77.0 Å². The van der Waals surface area contributed by atoms with Crippen molar-refractivity contribution in [2.45, 2.75) is 25.2 Å². The van der Waals surface area contributed by atoms with Crippen molar-refractivity contribution in [1.82, 2.24) is 4.83 Å². The van der Waals surface area contributed by atoms with E-state index in [2.05, 4.69) is 9.93 Å². The molecule has 8 heteroatoms. The van der Waals surface area contributed by atoms with Gasteiger partial charge >= 0.3 is 0 Å². The number of sulfonamides is 1. The van der Waals surface area contributed by atoms with Crippen molar-refractivity contribution in [2.75, 3.05) is 13.2 Å². The third kappa shape index (κ3) is 5.64. The highest BCUT2D eigenvalue weighted by Crippen LogP contribution is 2.28. The Balaban J connectivity index is 2.11. The van der Waals surface area contributed by atoms with Crippen molar-refractivity contribution in [3.8, 4) is 11.5 Å². The molecule has 6 nitrogen and oxygen atoms in total. The quantitative estimate of drug-likeness (QED) is 0.516. The zero-order valence-electron chi connectivity index (χ0n) is 14.6. The minimum atomic E-state index is -3.75. The molecule has 0 heterocycles. The number of halogens is 1. The van der Waals surface area contributed by atoms with Gasteiger partial charge in [0.2, 0.25) is 0 Å². The monoisotopic (exact) mass is 396 g/mol. The lowest BCUT2D eigenvalue weighted by molar-refractivity contribution is 0.277. The molecule has 0 saturated carbocycles. The second kappa shape index (κ2) is 9.45. The Morgan fingerprint density at radius 1 is 1.08 bits per heavy atom. The highest BCUT2D eigenvalue weighted by Gasteiger charge is 2.12. The Hall–Kier alpha value is -2.25. The van der Waals surface area contributed by atoms with Crippen LogP contribution in [0.2, 0.25) is 5.02 Å². The molecule has 1 N–H and O–H groups in total. The van der Waals surface area contributed by atoms with Crippen LogP contribution in [0.4, 0.5) is 0 Å². The molecule has 2 rings (SSSR count). The Kier molecular flexibility index (Phi) is 7.29. The van der Waals surface area contributed by atoms with Crippen molar-refractivity contribution in [3.63, 3.8) is 0 Å². The minimum absolute atomic E-state index is 0.0809. The molecule has 0 aliphatic carbocycles. The van der Waals surface area contributed by atoms with Crippen LogP contribution in [0.5, 0.6) is 11.5 Å². The van der Waals surface area contributed by atoms with Gasteiger partial charge in [-0.3, -0.25) is 0 Å². The molecule has 0 aliphatic rings. The summed E-state index contributed by atoms with van der Waals surface area (Å²) < 4.78 is 35.5. The molecular weight excluding hydrogens is 376 g/mol. The van der Waals surface area contributed by atoms with Crippen LogP contribution in [0.15, 0.2) is 52.5 Å². The molecule has 0 unspecified atom stereocenters. The Morgan fingerprint density at radius 2 is 1.81 bits per heavy atom. The summed E-state index contributed by atoms with van der Waals surface area (Å²) in [5.74, 6) is 1.23. The van der Waals surface area contributed by atoms with E-state index < -0.39 is 10.0 Å². The van der Waals surface area contributed by atoms with E-state index in [0.29, 0.717) is 35.3 Å². The van der Waals surface area contributed by atoms with Crippen LogP contribution in [0.3, 0.4) is 0 Å². The normalized spacial score (nSPS) is 11.5. The zero-order valence-corrected chi connectivity index (χ0v) is 16.2. The molecule has 0 saturated heterocycles. The second-order valence-electron chi connectivity index (χ2n) is 5.29. The highest BCUT2D eigenvalue weighted by atomic mass is 35.5. The molecule has 2 aromatic carbocycles. The number of hydrazone groups is 1. The summed E-state index contributed by atoms with van der Waals surface area (Å²) in [4.78, 5) is 2.25. The number of rotatable bonds is 9. The summed E-state index contributed by atoms with van der Waals surface area (Å²) in [5, 5.41) is 4.27. The first-order valence-electron chi connectivity index (χ1n) is 8.16. The lowest BCUT2D eigenvalue weighted by Crippen LogP contribution is -2.18. The predicted octanol–water partition coefficient (Wildman–Crippen LogP) is 3.84. The van der Waals surface area contributed by atoms with Gasteiger partial charge in [-0.15, -0.1) is 0 Å². The van der Waals surface area contributed by atoms with E-state index in [1.807, 2.05) is 13.8 Å². The molecule has 0 amide bonds. The van der Waals surface area contributed by atoms with Gasteiger partial charge in [-0.05, 0) is 61.4 Å². The Labute approximate surface area is 158 Å². The molecule has 0 spiro atoms. The molecule has 140 valence electrons. The lowest BCUT2D eigenvalue weighted by atomic mass is 10.2. The molecule has 0 radical (unpaired) electrons. The third-order valence-corrected chi connectivity index (χ3v) is 4.73. The SMILES string of the molecule is CCCOc1ccc(/C=N/NS(=O)(=O)c2ccc(Cl)cc2)cc1OCC. The smallest absolute Gasteiger partial charge is 0.276 e. The van der Waals surface area contributed by atoms with Crippen molar-refractivity contribution in [2.24, 2.45) is 5.10 Å². The van der Waals surface area contributed by atoms with Gasteiger partial charge in [0.15, 0.2) is 11.5 Å². The highest BCUT2D eigenvalue weighted by molar-refractivity contribution is 7.89. The average Bonchev–Trinajstić information content (AvgIpc) is 2.61. The summed E-state index contributed by atoms with van der Waals surface area (Å²) in [7, 11) is -3.75. The maximum absolute atomic E-state index is 12.2. The molecule has 0 aliphatic heterocycles. The molecular formula is C18H21ClN2O4S. The fraction of sp³-hybridized carbons (Fsp3) is 0.278. The van der Waals surface area contributed by atoms with E-state index in [4.69, 9.17) is 21.1 Å². The summed E-state index contributed by atoms with van der Waals surface area (Å²) in [6.07, 6.45) is 2.29. The largest absolute Gasteiger partial charge is 0.490 e. The average molecular weight is 397 g/mol. The van der Waals surface area contributed by atoms with E-state index >= 15 is 0 Å². The minimum Gasteiger partial charge on any atom is -0.490 e. The molecule has 2 aromatic rings. The van der Waals surface area contributed by atoms with Gasteiger partial charge in [0, 0.05) is 5.02 Å². The number of nitrogens with one attached hydrogen (secondary N) is 1. The van der Waals surface area contributed by atoms with Gasteiger partial charge in [0.25, 0.3) is 10.0 Å². The number of benzene rings is 2. The van der Waals surface area contributed by atoms with Gasteiger partial charge in [-0.25, -0.2) is 4.83 Å². The van der Waals surface area contributed by atoms with Gasteiger partial charge in [0.1, 0.15) is 0 Å². The van der Waals surface area contributed by atoms with Crippen LogP contribution in [-0.2, 0) is 10.0 Å². The van der Waals surface area contributed by atoms with Crippen molar-refractivity contribution < 1.29 is 17.9 Å². The van der Waals surface area contributed by atoms with Crippen LogP contribution in [-0.4, -0.2) is 27.8 Å². The van der Waals surface area contributed by atoms with E-state index in [-0.39, 0.29) is 4.90 Å². The Bertz CT molecular complexity index is 852. The van der Waals surface area contributed by atoms with E-state index in [1.165, 1.54) is 30.5 Å². The van der Waals surface area contributed by atoms with Crippen LogP contribution in [0, 0.1) is 0 Å². The molecule has 0 fully saturated rings. The van der Waals surface area contributed by atoms with Crippen LogP contribution < -0.4 is 14.3 Å². The second-order valence-corrected chi connectivity index (χ2v) is 7.39. The zero-order chi connectivity index (χ0) is 19.0. The number of nitrogens with zero attached hydrogens (tertiary/aromatic N) is 1. The van der Waals surface area contributed by atoms with Crippen LogP contribution in [0.25, 0.3) is 0 Å². The van der Waals surface area contributed by atoms with Gasteiger partial charge in [0.05, 0.1) is 24.3 Å². The number of hydrogen-bond donors (Lipinski definition) is 1. The first-order chi connectivity index (χ1) is 12.5. The van der Waals surface area contributed by atoms with Crippen molar-refractivity contribution in [1.29, 1.82) is 0 Å². The number of ether oxygens (including phenoxy) is 2. The summed E-state index contributed by atoms with van der Waals surface area (Å²) >= 11 is 5.76. The maximum atomic E-state index is 12.2. The van der Waals surface area contributed by atoms with Crippen molar-refractivity contribution >= 4 is 27.8 Å². The Morgan fingerprint density at radius 3 is 2.46 bits per heavy atom. The van der Waals surface area contributed by atoms with E-state index in [0.717, 1.165) is 6.42 Å². The predicted molar refractivity (Wildman–Crippen MR) is 103 cm³/mol. The first kappa shape index (κ1) is 20.1. The molecule has 0 aromatic heterocycles. The lowest BCUT2D eigenvalue weighted by Gasteiger charge is -2.11. The fourth-order valence-corrected chi connectivity index (χ4v) is 2.96. The van der Waals surface area contributed by atoms with Crippen molar-refractivity contribution in [3.05, 3.63) is 53.1 Å². The fourth-order valence-electron chi connectivity index (χ4n) is 2.04. The van der Waals surface area contributed by atoms with E-state index in [9.17, 15) is 8.42 Å². The summed E-state index contributed by atoms with van der Waals surface area (Å²) in [5.41, 5.74) is 0.677. The van der Waals surface area contributed by atoms with Gasteiger partial charge in [-0.1, -0.05) is 18.5 Å². The van der Waals surface area contributed by atoms with Crippen LogP contribution in [0.1, 0.15) is 25.8 Å². The molecule has 0 atom stereocenters. The third-order valence-electron chi connectivity index (χ3n) is 3.24. The number of hydrogen-bond acceptors (Lipinski definition) is 5. The van der Waals surface area contributed by atoms with Gasteiger partial charge in [-0.2, -0.15) is 13.5 Å². The standard InChI is InChI=1S/C18H21ClN2O4S/c1-3-11-25-17-10-5-14(12-18(17)24-4-2)13-20-21-26(22,23)16-8-6-15(19)7-9-16/h5-10,12-13,21H,3-4,11H2,1-2H3/b20-13+.